The highest BCUT2D eigenvalue weighted by molar-refractivity contribution is 6.34. The summed E-state index contributed by atoms with van der Waals surface area (Å²) in [5, 5.41) is 17.0. The van der Waals surface area contributed by atoms with Gasteiger partial charge in [-0.05, 0) is 18.9 Å². The number of nitrogens with zero attached hydrogens (tertiary/aromatic N) is 1. The standard InChI is InChI=1S/C16H22ClN3O3/c17-15-11-13(20(22)23)7-8-14(15)16(21)19-10-9-18-12-5-3-1-2-4-6-12/h7-8,11-12,18H,1-6,9-10H2,(H,19,21). The van der Waals surface area contributed by atoms with Gasteiger partial charge in [-0.1, -0.05) is 37.3 Å². The van der Waals surface area contributed by atoms with Crippen LogP contribution in [0.1, 0.15) is 48.9 Å². The molecule has 1 amide bonds. The first-order valence-corrected chi connectivity index (χ1v) is 8.41. The fourth-order valence-corrected chi connectivity index (χ4v) is 3.09. The predicted molar refractivity (Wildman–Crippen MR) is 89.9 cm³/mol. The molecule has 1 saturated carbocycles. The highest BCUT2D eigenvalue weighted by Gasteiger charge is 2.15. The van der Waals surface area contributed by atoms with Crippen molar-refractivity contribution in [3.8, 4) is 0 Å². The summed E-state index contributed by atoms with van der Waals surface area (Å²) in [5.74, 6) is -0.312. The monoisotopic (exact) mass is 339 g/mol. The van der Waals surface area contributed by atoms with Crippen LogP contribution in [-0.4, -0.2) is 30.0 Å². The Balaban J connectivity index is 1.77. The van der Waals surface area contributed by atoms with E-state index in [1.807, 2.05) is 0 Å². The summed E-state index contributed by atoms with van der Waals surface area (Å²) >= 11 is 5.94. The molecule has 2 N–H and O–H groups in total. The van der Waals surface area contributed by atoms with Gasteiger partial charge < -0.3 is 10.6 Å². The lowest BCUT2D eigenvalue weighted by molar-refractivity contribution is -0.384. The Labute approximate surface area is 140 Å². The van der Waals surface area contributed by atoms with Crippen molar-refractivity contribution in [1.29, 1.82) is 0 Å². The van der Waals surface area contributed by atoms with Gasteiger partial charge in [-0.25, -0.2) is 0 Å². The van der Waals surface area contributed by atoms with Crippen molar-refractivity contribution in [1.82, 2.24) is 10.6 Å². The molecular formula is C16H22ClN3O3. The Hall–Kier alpha value is -1.66. The lowest BCUT2D eigenvalue weighted by Crippen LogP contribution is -2.36. The van der Waals surface area contributed by atoms with E-state index in [9.17, 15) is 14.9 Å². The zero-order chi connectivity index (χ0) is 16.7. The number of halogens is 1. The molecule has 1 aromatic carbocycles. The maximum atomic E-state index is 12.1. The largest absolute Gasteiger partial charge is 0.351 e. The zero-order valence-corrected chi connectivity index (χ0v) is 13.8. The summed E-state index contributed by atoms with van der Waals surface area (Å²) in [6.07, 6.45) is 7.55. The summed E-state index contributed by atoms with van der Waals surface area (Å²) in [6, 6.07) is 4.40. The van der Waals surface area contributed by atoms with Crippen molar-refractivity contribution in [2.45, 2.75) is 44.6 Å². The second-order valence-electron chi connectivity index (χ2n) is 5.82. The van der Waals surface area contributed by atoms with Gasteiger partial charge in [-0.15, -0.1) is 0 Å². The summed E-state index contributed by atoms with van der Waals surface area (Å²) in [7, 11) is 0. The first kappa shape index (κ1) is 17.7. The van der Waals surface area contributed by atoms with Crippen molar-refractivity contribution in [3.05, 3.63) is 38.9 Å². The summed E-state index contributed by atoms with van der Waals surface area (Å²) < 4.78 is 0. The molecule has 0 heterocycles. The van der Waals surface area contributed by atoms with Crippen LogP contribution in [-0.2, 0) is 0 Å². The van der Waals surface area contributed by atoms with Crippen molar-refractivity contribution in [3.63, 3.8) is 0 Å². The zero-order valence-electron chi connectivity index (χ0n) is 13.0. The fraction of sp³-hybridized carbons (Fsp3) is 0.562. The molecule has 0 saturated heterocycles. The molecule has 0 spiro atoms. The Morgan fingerprint density at radius 1 is 1.22 bits per heavy atom. The predicted octanol–water partition coefficient (Wildman–Crippen LogP) is 3.29. The molecule has 7 heteroatoms. The van der Waals surface area contributed by atoms with E-state index in [0.29, 0.717) is 19.1 Å². The molecule has 0 unspecified atom stereocenters. The molecule has 1 aliphatic rings. The highest BCUT2D eigenvalue weighted by Crippen LogP contribution is 2.22. The van der Waals surface area contributed by atoms with Crippen molar-refractivity contribution < 1.29 is 9.72 Å². The van der Waals surface area contributed by atoms with Crippen molar-refractivity contribution in [2.24, 2.45) is 0 Å². The van der Waals surface area contributed by atoms with Gasteiger partial charge in [0.2, 0.25) is 0 Å². The van der Waals surface area contributed by atoms with Gasteiger partial charge in [-0.2, -0.15) is 0 Å². The molecule has 0 aliphatic heterocycles. The van der Waals surface area contributed by atoms with Crippen molar-refractivity contribution >= 4 is 23.2 Å². The molecule has 23 heavy (non-hydrogen) atoms. The number of nitro benzene ring substituents is 1. The number of benzene rings is 1. The number of rotatable bonds is 6. The van der Waals surface area contributed by atoms with Crippen LogP contribution >= 0.6 is 11.6 Å². The number of carbonyl (C=O) groups excluding carboxylic acids is 1. The highest BCUT2D eigenvalue weighted by atomic mass is 35.5. The smallest absolute Gasteiger partial charge is 0.270 e. The Kier molecular flexibility index (Phi) is 6.80. The molecule has 6 nitrogen and oxygen atoms in total. The fourth-order valence-electron chi connectivity index (χ4n) is 2.83. The summed E-state index contributed by atoms with van der Waals surface area (Å²) in [6.45, 7) is 1.21. The van der Waals surface area contributed by atoms with E-state index in [1.165, 1.54) is 56.7 Å². The average Bonchev–Trinajstić information content (AvgIpc) is 2.80. The van der Waals surface area contributed by atoms with Crippen molar-refractivity contribution in [2.75, 3.05) is 13.1 Å². The molecule has 2 rings (SSSR count). The van der Waals surface area contributed by atoms with E-state index in [0.717, 1.165) is 0 Å². The molecule has 1 aliphatic carbocycles. The Morgan fingerprint density at radius 2 is 1.91 bits per heavy atom. The first-order valence-electron chi connectivity index (χ1n) is 8.03. The lowest BCUT2D eigenvalue weighted by atomic mass is 10.1. The van der Waals surface area contributed by atoms with E-state index < -0.39 is 4.92 Å². The molecule has 0 aromatic heterocycles. The van der Waals surface area contributed by atoms with Gasteiger partial charge in [0, 0.05) is 31.3 Å². The van der Waals surface area contributed by atoms with Gasteiger partial charge in [0.15, 0.2) is 0 Å². The van der Waals surface area contributed by atoms with Gasteiger partial charge in [0.25, 0.3) is 11.6 Å². The van der Waals surface area contributed by atoms with Crippen LogP contribution in [0.3, 0.4) is 0 Å². The number of hydrogen-bond donors (Lipinski definition) is 2. The minimum absolute atomic E-state index is 0.0911. The van der Waals surface area contributed by atoms with Crippen LogP contribution in [0.15, 0.2) is 18.2 Å². The average molecular weight is 340 g/mol. The van der Waals surface area contributed by atoms with Crippen LogP contribution in [0.5, 0.6) is 0 Å². The lowest BCUT2D eigenvalue weighted by Gasteiger charge is -2.16. The molecule has 0 bridgehead atoms. The van der Waals surface area contributed by atoms with Crippen LogP contribution in [0.4, 0.5) is 5.69 Å². The molecule has 126 valence electrons. The second kappa shape index (κ2) is 8.84. The SMILES string of the molecule is O=C(NCCNC1CCCCCC1)c1ccc([N+](=O)[O-])cc1Cl. The van der Waals surface area contributed by atoms with Gasteiger partial charge in [0.05, 0.1) is 15.5 Å². The minimum Gasteiger partial charge on any atom is -0.351 e. The van der Waals surface area contributed by atoms with E-state index in [-0.39, 0.29) is 22.2 Å². The minimum atomic E-state index is -0.537. The maximum absolute atomic E-state index is 12.1. The van der Waals surface area contributed by atoms with Gasteiger partial charge >= 0.3 is 0 Å². The first-order chi connectivity index (χ1) is 11.1. The molecule has 1 aromatic rings. The molecule has 0 atom stereocenters. The Bertz CT molecular complexity index is 558. The third-order valence-corrected chi connectivity index (χ3v) is 4.42. The number of carbonyl (C=O) groups is 1. The van der Waals surface area contributed by atoms with Gasteiger partial charge in [-0.3, -0.25) is 14.9 Å². The third kappa shape index (κ3) is 5.48. The second-order valence-corrected chi connectivity index (χ2v) is 6.23. The number of amides is 1. The normalized spacial score (nSPS) is 15.9. The van der Waals surface area contributed by atoms with Crippen LogP contribution in [0, 0.1) is 10.1 Å². The summed E-state index contributed by atoms with van der Waals surface area (Å²) in [5.41, 5.74) is 0.133. The Morgan fingerprint density at radius 3 is 2.52 bits per heavy atom. The van der Waals surface area contributed by atoms with E-state index in [1.54, 1.807) is 0 Å². The molecule has 0 radical (unpaired) electrons. The van der Waals surface area contributed by atoms with E-state index in [4.69, 9.17) is 11.6 Å². The maximum Gasteiger partial charge on any atom is 0.270 e. The van der Waals surface area contributed by atoms with Crippen LogP contribution < -0.4 is 10.6 Å². The summed E-state index contributed by atoms with van der Waals surface area (Å²) in [4.78, 5) is 22.2. The quantitative estimate of drug-likeness (QED) is 0.360. The van der Waals surface area contributed by atoms with E-state index in [2.05, 4.69) is 10.6 Å². The topological polar surface area (TPSA) is 84.3 Å². The molecular weight excluding hydrogens is 318 g/mol. The third-order valence-electron chi connectivity index (χ3n) is 4.11. The number of hydrogen-bond acceptors (Lipinski definition) is 4. The number of nitrogens with one attached hydrogen (secondary N) is 2. The number of nitro groups is 1. The van der Waals surface area contributed by atoms with Crippen LogP contribution in [0.25, 0.3) is 0 Å². The van der Waals surface area contributed by atoms with E-state index >= 15 is 0 Å². The molecule has 1 fully saturated rings. The van der Waals surface area contributed by atoms with Gasteiger partial charge in [0.1, 0.15) is 0 Å². The van der Waals surface area contributed by atoms with Crippen LogP contribution in [0.2, 0.25) is 5.02 Å². The number of non-ortho nitro benzene ring substituents is 1.